The zero-order chi connectivity index (χ0) is 39.0. The van der Waals surface area contributed by atoms with Crippen LogP contribution in [0.1, 0.15) is 55.6 Å². The van der Waals surface area contributed by atoms with Crippen molar-refractivity contribution in [2.24, 2.45) is 0 Å². The van der Waals surface area contributed by atoms with Crippen molar-refractivity contribution in [1.29, 1.82) is 0 Å². The first-order valence-corrected chi connectivity index (χ1v) is 20.6. The molecule has 9 aromatic rings. The van der Waals surface area contributed by atoms with Crippen LogP contribution in [0.2, 0.25) is 0 Å². The van der Waals surface area contributed by atoms with Crippen molar-refractivity contribution >= 4 is 29.2 Å². The van der Waals surface area contributed by atoms with Crippen LogP contribution in [0.3, 0.4) is 0 Å². The first-order valence-electron chi connectivity index (χ1n) is 20.6. The van der Waals surface area contributed by atoms with Gasteiger partial charge in [0, 0.05) is 17.1 Å². The van der Waals surface area contributed by atoms with E-state index < -0.39 is 10.8 Å². The largest absolute Gasteiger partial charge is 0.311 e. The molecule has 3 aliphatic rings. The van der Waals surface area contributed by atoms with Gasteiger partial charge in [0.25, 0.3) is 0 Å². The van der Waals surface area contributed by atoms with Gasteiger partial charge in [-0.3, -0.25) is 0 Å². The maximum Gasteiger partial charge on any atom is 0.0720 e. The number of hydrogen-bond donors (Lipinski definition) is 0. The smallest absolute Gasteiger partial charge is 0.0720 e. The van der Waals surface area contributed by atoms with Crippen LogP contribution in [0.4, 0.5) is 17.1 Å². The Balaban J connectivity index is 1.06. The lowest BCUT2D eigenvalue weighted by atomic mass is 9.52. The van der Waals surface area contributed by atoms with E-state index in [9.17, 15) is 0 Å². The monoisotopic (exact) mass is 749 g/mol. The van der Waals surface area contributed by atoms with Gasteiger partial charge in [-0.1, -0.05) is 194 Å². The molecule has 0 unspecified atom stereocenters. The normalized spacial score (nSPS) is 14.3. The Kier molecular flexibility index (Phi) is 7.43. The van der Waals surface area contributed by atoms with Gasteiger partial charge in [-0.05, 0) is 120 Å². The zero-order valence-corrected chi connectivity index (χ0v) is 32.5. The van der Waals surface area contributed by atoms with E-state index in [1.807, 2.05) is 0 Å². The number of benzene rings is 9. The van der Waals surface area contributed by atoms with Crippen LogP contribution in [0.25, 0.3) is 34.4 Å². The lowest BCUT2D eigenvalue weighted by Crippen LogP contribution is -2.43. The molecule has 59 heavy (non-hydrogen) atoms. The van der Waals surface area contributed by atoms with E-state index in [2.05, 4.69) is 242 Å². The highest BCUT2D eigenvalue weighted by atomic mass is 15.1. The molecule has 0 saturated heterocycles. The Morgan fingerprint density at radius 3 is 1.03 bits per heavy atom. The first-order chi connectivity index (χ1) is 29.3. The van der Waals surface area contributed by atoms with E-state index in [-0.39, 0.29) is 0 Å². The molecule has 0 heterocycles. The number of rotatable bonds is 5. The lowest BCUT2D eigenvalue weighted by molar-refractivity contribution is 0.632. The number of hydrogen-bond acceptors (Lipinski definition) is 1. The van der Waals surface area contributed by atoms with E-state index >= 15 is 0 Å². The summed E-state index contributed by atoms with van der Waals surface area (Å²) in [5.74, 6) is 0. The molecule has 1 nitrogen and oxygen atoms in total. The minimum absolute atomic E-state index is 0.474. The first kappa shape index (κ1) is 33.6. The molecule has 0 aromatic heterocycles. The molecule has 0 atom stereocenters. The van der Waals surface area contributed by atoms with Crippen LogP contribution < -0.4 is 4.90 Å². The molecule has 0 radical (unpaired) electrons. The van der Waals surface area contributed by atoms with Gasteiger partial charge in [-0.15, -0.1) is 0 Å². The molecule has 0 bridgehead atoms. The predicted octanol–water partition coefficient (Wildman–Crippen LogP) is 14.4. The second kappa shape index (κ2) is 13.0. The summed E-state index contributed by atoms with van der Waals surface area (Å²) >= 11 is 0. The van der Waals surface area contributed by atoms with Crippen molar-refractivity contribution in [3.05, 3.63) is 280 Å². The summed E-state index contributed by atoms with van der Waals surface area (Å²) in [5.41, 5.74) is 20.8. The van der Waals surface area contributed by atoms with Gasteiger partial charge in [-0.2, -0.15) is 0 Å². The fourth-order valence-electron chi connectivity index (χ4n) is 10.9. The van der Waals surface area contributed by atoms with E-state index in [0.29, 0.717) is 0 Å². The van der Waals surface area contributed by atoms with Crippen molar-refractivity contribution in [3.8, 4) is 22.3 Å². The molecule has 0 amide bonds. The minimum atomic E-state index is -0.499. The van der Waals surface area contributed by atoms with Crippen LogP contribution in [0, 0.1) is 0 Å². The van der Waals surface area contributed by atoms with Gasteiger partial charge in [0.05, 0.1) is 10.8 Å². The molecule has 9 aromatic carbocycles. The molecule has 0 fully saturated rings. The number of para-hydroxylation sites is 2. The number of fused-ring (bicyclic) bond motifs is 16. The van der Waals surface area contributed by atoms with Crippen molar-refractivity contribution < 1.29 is 0 Å². The van der Waals surface area contributed by atoms with E-state index in [1.54, 1.807) is 0 Å². The molecule has 3 aliphatic carbocycles. The van der Waals surface area contributed by atoms with Crippen LogP contribution in [0.15, 0.2) is 224 Å². The molecule has 12 rings (SSSR count). The summed E-state index contributed by atoms with van der Waals surface area (Å²) < 4.78 is 0. The number of nitrogens with zero attached hydrogens (tertiary/aromatic N) is 1. The van der Waals surface area contributed by atoms with Gasteiger partial charge >= 0.3 is 0 Å². The minimum Gasteiger partial charge on any atom is -0.311 e. The average molecular weight is 750 g/mol. The van der Waals surface area contributed by atoms with E-state index in [4.69, 9.17) is 0 Å². The average Bonchev–Trinajstić information content (AvgIpc) is 3.77. The van der Waals surface area contributed by atoms with Gasteiger partial charge in [0.2, 0.25) is 0 Å². The van der Waals surface area contributed by atoms with Crippen LogP contribution in [0.5, 0.6) is 0 Å². The van der Waals surface area contributed by atoms with Gasteiger partial charge < -0.3 is 4.90 Å². The molecule has 1 heteroatoms. The third-order valence-corrected chi connectivity index (χ3v) is 13.1. The highest BCUT2D eigenvalue weighted by Gasteiger charge is 2.58. The Labute approximate surface area is 345 Å². The zero-order valence-electron chi connectivity index (χ0n) is 32.5. The molecular formula is C58H39N. The summed E-state index contributed by atoms with van der Waals surface area (Å²) in [6.45, 7) is 0. The molecule has 276 valence electrons. The summed E-state index contributed by atoms with van der Waals surface area (Å²) in [5, 5.41) is 0. The van der Waals surface area contributed by atoms with Gasteiger partial charge in [0.1, 0.15) is 0 Å². The third-order valence-electron chi connectivity index (χ3n) is 13.1. The van der Waals surface area contributed by atoms with Crippen molar-refractivity contribution in [1.82, 2.24) is 0 Å². The quantitative estimate of drug-likeness (QED) is 0.158. The molecule has 0 aliphatic heterocycles. The Bertz CT molecular complexity index is 2970. The van der Waals surface area contributed by atoms with Crippen molar-refractivity contribution in [2.75, 3.05) is 4.90 Å². The maximum absolute atomic E-state index is 2.51. The molecular weight excluding hydrogens is 711 g/mol. The van der Waals surface area contributed by atoms with E-state index in [0.717, 1.165) is 22.6 Å². The fraction of sp³-hybridized carbons (Fsp3) is 0.0345. The topological polar surface area (TPSA) is 3.24 Å². The fourth-order valence-corrected chi connectivity index (χ4v) is 10.9. The Morgan fingerprint density at radius 2 is 0.576 bits per heavy atom. The second-order valence-corrected chi connectivity index (χ2v) is 16.0. The SMILES string of the molecule is C(=C\c1ccc2c(c1)C1(c3ccccc3-c3ccccc31)c1ccccc1C21c2ccccc2-c2ccccc21)/c1ccc(N(c2ccccc2)c2ccccc2)cc1. The Hall–Kier alpha value is -7.48. The molecule has 0 saturated carbocycles. The number of anilines is 3. The molecule has 0 N–H and O–H groups in total. The van der Waals surface area contributed by atoms with Crippen LogP contribution in [-0.4, -0.2) is 0 Å². The summed E-state index contributed by atoms with van der Waals surface area (Å²) in [6.07, 6.45) is 4.56. The van der Waals surface area contributed by atoms with E-state index in [1.165, 1.54) is 72.3 Å². The highest BCUT2D eigenvalue weighted by molar-refractivity contribution is 5.94. The second-order valence-electron chi connectivity index (χ2n) is 16.0. The van der Waals surface area contributed by atoms with Crippen molar-refractivity contribution in [2.45, 2.75) is 10.8 Å². The standard InChI is InChI=1S/C58H39N/c1-3-17-42(18-4-1)59(43-19-5-2-6-20-43)44-36-33-40(34-37-44)31-32-41-35-38-55-56(39-41)58(51-27-13-9-23-47(51)48-24-10-14-28-52(48)58)54-30-16-15-29-53(54)57(55)49-25-11-7-21-45(49)46-22-8-12-26-50(46)57/h1-39H/b32-31+. The van der Waals surface area contributed by atoms with Crippen LogP contribution >= 0.6 is 0 Å². The van der Waals surface area contributed by atoms with Gasteiger partial charge in [0.15, 0.2) is 0 Å². The summed E-state index contributed by atoms with van der Waals surface area (Å²) in [7, 11) is 0. The highest BCUT2D eigenvalue weighted by Crippen LogP contribution is 2.67. The summed E-state index contributed by atoms with van der Waals surface area (Å²) in [4.78, 5) is 2.31. The molecule has 2 spiro atoms. The van der Waals surface area contributed by atoms with Gasteiger partial charge in [-0.25, -0.2) is 0 Å². The third kappa shape index (κ3) is 4.67. The summed E-state index contributed by atoms with van der Waals surface area (Å²) in [6, 6.07) is 83.1. The Morgan fingerprint density at radius 1 is 0.254 bits per heavy atom. The lowest BCUT2D eigenvalue weighted by Gasteiger charge is -2.49. The van der Waals surface area contributed by atoms with Crippen LogP contribution in [-0.2, 0) is 10.8 Å². The maximum atomic E-state index is 2.51. The predicted molar refractivity (Wildman–Crippen MR) is 245 cm³/mol. The van der Waals surface area contributed by atoms with Crippen molar-refractivity contribution in [3.63, 3.8) is 0 Å².